The van der Waals surface area contributed by atoms with Gasteiger partial charge in [0.05, 0.1) is 18.3 Å². The van der Waals surface area contributed by atoms with Crippen LogP contribution in [0.4, 0.5) is 10.1 Å². The fourth-order valence-corrected chi connectivity index (χ4v) is 2.44. The van der Waals surface area contributed by atoms with E-state index in [1.165, 1.54) is 6.07 Å². The van der Waals surface area contributed by atoms with E-state index in [2.05, 4.69) is 4.90 Å². The molecule has 0 unspecified atom stereocenters. The quantitative estimate of drug-likeness (QED) is 0.879. The number of nitrogens with zero attached hydrogens (tertiary/aromatic N) is 1. The number of rotatable bonds is 2. The van der Waals surface area contributed by atoms with Gasteiger partial charge in [0, 0.05) is 24.3 Å². The molecule has 0 saturated carbocycles. The third kappa shape index (κ3) is 2.65. The largest absolute Gasteiger partial charge is 0.389 e. The monoisotopic (exact) mass is 253 g/mol. The van der Waals surface area contributed by atoms with E-state index in [0.29, 0.717) is 25.3 Å². The molecule has 0 bridgehead atoms. The van der Waals surface area contributed by atoms with Crippen molar-refractivity contribution in [1.29, 1.82) is 0 Å². The first-order chi connectivity index (χ1) is 8.41. The fraction of sp³-hybridized carbons (Fsp3) is 0.571. The third-order valence-electron chi connectivity index (χ3n) is 3.21. The number of ether oxygens (including phenoxy) is 1. The number of halogens is 1. The number of hydrogen-bond donors (Lipinski definition) is 1. The zero-order chi connectivity index (χ0) is 13.3. The average Bonchev–Trinajstić information content (AvgIpc) is 2.26. The van der Waals surface area contributed by atoms with Crippen molar-refractivity contribution in [2.24, 2.45) is 0 Å². The number of aliphatic hydroxyl groups is 1. The Morgan fingerprint density at radius 2 is 2.17 bits per heavy atom. The first-order valence-electron chi connectivity index (χ1n) is 6.26. The Morgan fingerprint density at radius 3 is 2.78 bits per heavy atom. The zero-order valence-corrected chi connectivity index (χ0v) is 11.1. The second kappa shape index (κ2) is 4.86. The highest BCUT2D eigenvalue weighted by Gasteiger charge is 2.29. The lowest BCUT2D eigenvalue weighted by molar-refractivity contribution is -0.0278. The van der Waals surface area contributed by atoms with E-state index in [1.807, 2.05) is 19.9 Å². The molecule has 0 spiro atoms. The summed E-state index contributed by atoms with van der Waals surface area (Å²) in [6.07, 6.45) is -0.813. The molecule has 1 fully saturated rings. The maximum atomic E-state index is 13.8. The molecule has 0 amide bonds. The van der Waals surface area contributed by atoms with E-state index in [0.717, 1.165) is 5.69 Å². The van der Waals surface area contributed by atoms with Gasteiger partial charge in [0.1, 0.15) is 5.82 Å². The predicted molar refractivity (Wildman–Crippen MR) is 69.3 cm³/mol. The molecule has 1 aromatic rings. The Kier molecular flexibility index (Phi) is 3.59. The van der Waals surface area contributed by atoms with E-state index in [1.54, 1.807) is 13.0 Å². The van der Waals surface area contributed by atoms with Crippen molar-refractivity contribution in [3.8, 4) is 0 Å². The van der Waals surface area contributed by atoms with Crippen LogP contribution in [0.5, 0.6) is 0 Å². The standard InChI is InChI=1S/C14H20FNO2/c1-10(17)13-11(15)5-4-6-12(13)16-7-8-18-14(2,3)9-16/h4-6,10,17H,7-9H2,1-3H3/t10-/m1/s1. The summed E-state index contributed by atoms with van der Waals surface area (Å²) in [6.45, 7) is 7.64. The topological polar surface area (TPSA) is 32.7 Å². The fourth-order valence-electron chi connectivity index (χ4n) is 2.44. The Morgan fingerprint density at radius 1 is 1.44 bits per heavy atom. The van der Waals surface area contributed by atoms with Crippen molar-refractivity contribution in [2.45, 2.75) is 32.5 Å². The predicted octanol–water partition coefficient (Wildman–Crippen LogP) is 2.49. The first kappa shape index (κ1) is 13.3. The summed E-state index contributed by atoms with van der Waals surface area (Å²) < 4.78 is 19.5. The number of hydrogen-bond acceptors (Lipinski definition) is 3. The summed E-state index contributed by atoms with van der Waals surface area (Å²) in [5.74, 6) is -0.355. The number of benzene rings is 1. The number of aliphatic hydroxyl groups excluding tert-OH is 1. The van der Waals surface area contributed by atoms with Gasteiger partial charge in [0.25, 0.3) is 0 Å². The molecule has 1 aliphatic rings. The summed E-state index contributed by atoms with van der Waals surface area (Å²) in [5.41, 5.74) is 0.886. The molecule has 0 aliphatic carbocycles. The summed E-state index contributed by atoms with van der Waals surface area (Å²) >= 11 is 0. The minimum absolute atomic E-state index is 0.249. The molecule has 1 aliphatic heterocycles. The molecule has 0 radical (unpaired) electrons. The second-order valence-corrected chi connectivity index (χ2v) is 5.38. The second-order valence-electron chi connectivity index (χ2n) is 5.38. The summed E-state index contributed by atoms with van der Waals surface area (Å²) in [5, 5.41) is 9.75. The van der Waals surface area contributed by atoms with Gasteiger partial charge in [-0.25, -0.2) is 4.39 Å². The van der Waals surface area contributed by atoms with Gasteiger partial charge in [-0.1, -0.05) is 6.07 Å². The molecular formula is C14H20FNO2. The summed E-state index contributed by atoms with van der Waals surface area (Å²) in [6, 6.07) is 4.92. The van der Waals surface area contributed by atoms with Crippen LogP contribution in [0.3, 0.4) is 0 Å². The maximum absolute atomic E-state index is 13.8. The van der Waals surface area contributed by atoms with Gasteiger partial charge >= 0.3 is 0 Å². The smallest absolute Gasteiger partial charge is 0.131 e. The molecule has 2 rings (SSSR count). The highest BCUT2D eigenvalue weighted by molar-refractivity contribution is 5.55. The van der Waals surface area contributed by atoms with Crippen molar-refractivity contribution in [3.05, 3.63) is 29.6 Å². The third-order valence-corrected chi connectivity index (χ3v) is 3.21. The maximum Gasteiger partial charge on any atom is 0.131 e. The average molecular weight is 253 g/mol. The van der Waals surface area contributed by atoms with E-state index < -0.39 is 6.10 Å². The Balaban J connectivity index is 2.36. The van der Waals surface area contributed by atoms with Crippen molar-refractivity contribution in [1.82, 2.24) is 0 Å². The van der Waals surface area contributed by atoms with Gasteiger partial charge in [0.15, 0.2) is 0 Å². The van der Waals surface area contributed by atoms with Gasteiger partial charge in [-0.05, 0) is 32.9 Å². The first-order valence-corrected chi connectivity index (χ1v) is 6.26. The van der Waals surface area contributed by atoms with Crippen LogP contribution in [0.15, 0.2) is 18.2 Å². The number of anilines is 1. The van der Waals surface area contributed by atoms with Crippen LogP contribution in [0.1, 0.15) is 32.4 Å². The van der Waals surface area contributed by atoms with Crippen LogP contribution in [-0.2, 0) is 4.74 Å². The molecule has 1 N–H and O–H groups in total. The molecule has 1 heterocycles. The lowest BCUT2D eigenvalue weighted by atomic mass is 10.0. The lowest BCUT2D eigenvalue weighted by Crippen LogP contribution is -2.48. The van der Waals surface area contributed by atoms with Crippen molar-refractivity contribution in [3.63, 3.8) is 0 Å². The number of morpholine rings is 1. The van der Waals surface area contributed by atoms with E-state index >= 15 is 0 Å². The highest BCUT2D eigenvalue weighted by atomic mass is 19.1. The molecule has 1 saturated heterocycles. The lowest BCUT2D eigenvalue weighted by Gasteiger charge is -2.40. The van der Waals surface area contributed by atoms with Crippen molar-refractivity contribution < 1.29 is 14.2 Å². The summed E-state index contributed by atoms with van der Waals surface area (Å²) in [7, 11) is 0. The zero-order valence-electron chi connectivity index (χ0n) is 11.1. The van der Waals surface area contributed by atoms with E-state index in [9.17, 15) is 9.50 Å². The van der Waals surface area contributed by atoms with Crippen LogP contribution in [0.25, 0.3) is 0 Å². The SMILES string of the molecule is C[C@@H](O)c1c(F)cccc1N1CCOC(C)(C)C1. The van der Waals surface area contributed by atoms with Crippen LogP contribution in [-0.4, -0.2) is 30.4 Å². The molecule has 1 atom stereocenters. The van der Waals surface area contributed by atoms with E-state index in [4.69, 9.17) is 4.74 Å². The van der Waals surface area contributed by atoms with Crippen LogP contribution < -0.4 is 4.90 Å². The van der Waals surface area contributed by atoms with Gasteiger partial charge in [0.2, 0.25) is 0 Å². The molecule has 3 nitrogen and oxygen atoms in total. The van der Waals surface area contributed by atoms with Gasteiger partial charge in [-0.3, -0.25) is 0 Å². The van der Waals surface area contributed by atoms with Gasteiger partial charge in [-0.15, -0.1) is 0 Å². The Labute approximate surface area is 107 Å². The van der Waals surface area contributed by atoms with Crippen LogP contribution >= 0.6 is 0 Å². The van der Waals surface area contributed by atoms with Crippen molar-refractivity contribution in [2.75, 3.05) is 24.6 Å². The van der Waals surface area contributed by atoms with Crippen LogP contribution in [0.2, 0.25) is 0 Å². The summed E-state index contributed by atoms with van der Waals surface area (Å²) in [4.78, 5) is 2.08. The molecule has 4 heteroatoms. The molecule has 18 heavy (non-hydrogen) atoms. The molecule has 1 aromatic carbocycles. The normalized spacial score (nSPS) is 20.8. The molecule has 100 valence electrons. The minimum Gasteiger partial charge on any atom is -0.389 e. The van der Waals surface area contributed by atoms with E-state index in [-0.39, 0.29) is 11.4 Å². The Bertz CT molecular complexity index is 432. The van der Waals surface area contributed by atoms with Crippen LogP contribution in [0, 0.1) is 5.82 Å². The van der Waals surface area contributed by atoms with Gasteiger partial charge in [-0.2, -0.15) is 0 Å². The minimum atomic E-state index is -0.813. The van der Waals surface area contributed by atoms with Gasteiger partial charge < -0.3 is 14.7 Å². The Hall–Kier alpha value is -1.13. The molecule has 0 aromatic heterocycles. The molecular weight excluding hydrogens is 233 g/mol. The highest BCUT2D eigenvalue weighted by Crippen LogP contribution is 2.31. The van der Waals surface area contributed by atoms with Crippen molar-refractivity contribution >= 4 is 5.69 Å².